The average Bonchev–Trinajstić information content (AvgIpc) is 3.36. The molecule has 3 atom stereocenters. The first kappa shape index (κ1) is 26.5. The number of nitrogens with one attached hydrogen (secondary N) is 1. The molecule has 3 amide bonds. The van der Waals surface area contributed by atoms with E-state index in [-0.39, 0.29) is 36.2 Å². The van der Waals surface area contributed by atoms with Crippen LogP contribution in [0, 0.1) is 11.8 Å². The summed E-state index contributed by atoms with van der Waals surface area (Å²) in [4.78, 5) is 47.7. The molecule has 2 aliphatic heterocycles. The average molecular weight is 539 g/mol. The summed E-state index contributed by atoms with van der Waals surface area (Å²) >= 11 is 6.70. The number of halogens is 1. The van der Waals surface area contributed by atoms with Crippen molar-refractivity contribution in [2.24, 2.45) is 11.8 Å². The summed E-state index contributed by atoms with van der Waals surface area (Å²) in [5.41, 5.74) is 2.61. The highest BCUT2D eigenvalue weighted by atomic mass is 35.5. The fourth-order valence-corrected chi connectivity index (χ4v) is 6.50. The Labute approximate surface area is 228 Å². The first-order valence-corrected chi connectivity index (χ1v) is 14.0. The molecule has 1 aromatic heterocycles. The van der Waals surface area contributed by atoms with Crippen molar-refractivity contribution in [2.45, 2.75) is 57.6 Å². The van der Waals surface area contributed by atoms with E-state index in [1.807, 2.05) is 40.1 Å². The molecule has 0 spiro atoms. The van der Waals surface area contributed by atoms with Crippen molar-refractivity contribution in [2.75, 3.05) is 26.7 Å². The standard InChI is InChI=1S/C29H35ClN4O4/c1-31-28(36)20-8-2-3-9-21(20)29(37)34-16-13-22-23(30)11-12-25(38-18-19-7-4-5-14-32-19)27(22)24(34)17-33-15-6-10-26(33)35/h4-5,7,11-12,14,20-21,24H,2-3,6,8-10,13,15-18H2,1H3,(H,31,36)/t20?,21?,24-/m1/s1. The van der Waals surface area contributed by atoms with Crippen LogP contribution in [-0.4, -0.2) is 59.2 Å². The zero-order valence-corrected chi connectivity index (χ0v) is 22.6. The lowest BCUT2D eigenvalue weighted by Gasteiger charge is -2.43. The number of carbonyl (C=O) groups excluding carboxylic acids is 3. The van der Waals surface area contributed by atoms with Gasteiger partial charge >= 0.3 is 0 Å². The molecule has 0 radical (unpaired) electrons. The summed E-state index contributed by atoms with van der Waals surface area (Å²) in [6.07, 6.45) is 6.91. The quantitative estimate of drug-likeness (QED) is 0.577. The molecule has 5 rings (SSSR count). The minimum absolute atomic E-state index is 0.0174. The molecule has 38 heavy (non-hydrogen) atoms. The third-order valence-electron chi connectivity index (χ3n) is 8.19. The van der Waals surface area contributed by atoms with Gasteiger partial charge in [0.25, 0.3) is 0 Å². The van der Waals surface area contributed by atoms with Crippen molar-refractivity contribution in [3.63, 3.8) is 0 Å². The molecule has 2 unspecified atom stereocenters. The molecular formula is C29H35ClN4O4. The molecule has 202 valence electrons. The van der Waals surface area contributed by atoms with Crippen molar-refractivity contribution in [3.05, 3.63) is 58.4 Å². The van der Waals surface area contributed by atoms with Gasteiger partial charge in [-0.1, -0.05) is 30.5 Å². The van der Waals surface area contributed by atoms with Gasteiger partial charge in [-0.05, 0) is 55.5 Å². The van der Waals surface area contributed by atoms with E-state index in [0.29, 0.717) is 56.1 Å². The molecule has 2 aromatic rings. The monoisotopic (exact) mass is 538 g/mol. The van der Waals surface area contributed by atoms with E-state index in [4.69, 9.17) is 16.3 Å². The van der Waals surface area contributed by atoms with E-state index in [1.54, 1.807) is 13.2 Å². The second-order valence-corrected chi connectivity index (χ2v) is 10.8. The van der Waals surface area contributed by atoms with Gasteiger partial charge in [0.2, 0.25) is 17.7 Å². The predicted octanol–water partition coefficient (Wildman–Crippen LogP) is 3.91. The highest BCUT2D eigenvalue weighted by Crippen LogP contribution is 2.43. The van der Waals surface area contributed by atoms with Gasteiger partial charge in [-0.25, -0.2) is 0 Å². The Balaban J connectivity index is 1.51. The highest BCUT2D eigenvalue weighted by Gasteiger charge is 2.43. The first-order valence-electron chi connectivity index (χ1n) is 13.6. The number of hydrogen-bond donors (Lipinski definition) is 1. The Morgan fingerprint density at radius 2 is 1.89 bits per heavy atom. The van der Waals surface area contributed by atoms with Crippen molar-refractivity contribution < 1.29 is 19.1 Å². The fraction of sp³-hybridized carbons (Fsp3) is 0.517. The number of ether oxygens (including phenoxy) is 1. The maximum absolute atomic E-state index is 14.2. The molecule has 1 aliphatic carbocycles. The Bertz CT molecular complexity index is 1190. The van der Waals surface area contributed by atoms with Crippen LogP contribution in [0.2, 0.25) is 5.02 Å². The number of nitrogens with zero attached hydrogens (tertiary/aromatic N) is 3. The van der Waals surface area contributed by atoms with Crippen LogP contribution in [0.25, 0.3) is 0 Å². The number of benzene rings is 1. The smallest absolute Gasteiger partial charge is 0.227 e. The number of rotatable bonds is 7. The van der Waals surface area contributed by atoms with Crippen LogP contribution in [0.15, 0.2) is 36.5 Å². The van der Waals surface area contributed by atoms with Crippen molar-refractivity contribution in [3.8, 4) is 5.75 Å². The van der Waals surface area contributed by atoms with Crippen LogP contribution >= 0.6 is 11.6 Å². The van der Waals surface area contributed by atoms with Gasteiger partial charge in [-0.2, -0.15) is 0 Å². The van der Waals surface area contributed by atoms with E-state index < -0.39 is 6.04 Å². The van der Waals surface area contributed by atoms with Gasteiger partial charge in [0, 0.05) is 61.7 Å². The number of hydrogen-bond acceptors (Lipinski definition) is 5. The summed E-state index contributed by atoms with van der Waals surface area (Å²) in [5, 5.41) is 3.39. The number of carbonyl (C=O) groups is 3. The zero-order chi connectivity index (χ0) is 26.6. The van der Waals surface area contributed by atoms with Crippen LogP contribution in [-0.2, 0) is 27.4 Å². The number of aromatic nitrogens is 1. The Hall–Kier alpha value is -3.13. The van der Waals surface area contributed by atoms with Crippen molar-refractivity contribution in [1.29, 1.82) is 0 Å². The summed E-state index contributed by atoms with van der Waals surface area (Å²) in [5.74, 6) is -0.0560. The Morgan fingerprint density at radius 1 is 1.08 bits per heavy atom. The number of pyridine rings is 1. The van der Waals surface area contributed by atoms with Gasteiger partial charge in [0.15, 0.2) is 0 Å². The summed E-state index contributed by atoms with van der Waals surface area (Å²) in [7, 11) is 1.63. The van der Waals surface area contributed by atoms with Gasteiger partial charge in [0.1, 0.15) is 12.4 Å². The molecule has 0 bridgehead atoms. The van der Waals surface area contributed by atoms with Crippen molar-refractivity contribution >= 4 is 29.3 Å². The fourth-order valence-electron chi connectivity index (χ4n) is 6.24. The lowest BCUT2D eigenvalue weighted by Crippen LogP contribution is -2.50. The molecule has 1 saturated heterocycles. The minimum atomic E-state index is -0.405. The van der Waals surface area contributed by atoms with E-state index in [1.165, 1.54) is 0 Å². The van der Waals surface area contributed by atoms with Crippen LogP contribution < -0.4 is 10.1 Å². The molecule has 1 saturated carbocycles. The van der Waals surface area contributed by atoms with E-state index >= 15 is 0 Å². The first-order chi connectivity index (χ1) is 18.5. The number of amides is 3. The normalized spacial score (nSPS) is 23.2. The van der Waals surface area contributed by atoms with Crippen LogP contribution in [0.4, 0.5) is 0 Å². The lowest BCUT2D eigenvalue weighted by atomic mass is 9.77. The van der Waals surface area contributed by atoms with Crippen LogP contribution in [0.1, 0.15) is 61.4 Å². The molecule has 8 nitrogen and oxygen atoms in total. The van der Waals surface area contributed by atoms with Gasteiger partial charge in [0.05, 0.1) is 11.7 Å². The van der Waals surface area contributed by atoms with E-state index in [2.05, 4.69) is 10.3 Å². The third kappa shape index (κ3) is 5.37. The second-order valence-electron chi connectivity index (χ2n) is 10.4. The van der Waals surface area contributed by atoms with Crippen LogP contribution in [0.3, 0.4) is 0 Å². The van der Waals surface area contributed by atoms with Crippen molar-refractivity contribution in [1.82, 2.24) is 20.1 Å². The Morgan fingerprint density at radius 3 is 2.61 bits per heavy atom. The molecule has 3 aliphatic rings. The van der Waals surface area contributed by atoms with E-state index in [9.17, 15) is 14.4 Å². The molecular weight excluding hydrogens is 504 g/mol. The molecule has 2 fully saturated rings. The van der Waals surface area contributed by atoms with E-state index in [0.717, 1.165) is 36.1 Å². The minimum Gasteiger partial charge on any atom is -0.487 e. The highest BCUT2D eigenvalue weighted by molar-refractivity contribution is 6.31. The maximum Gasteiger partial charge on any atom is 0.227 e. The van der Waals surface area contributed by atoms with Gasteiger partial charge in [-0.3, -0.25) is 19.4 Å². The largest absolute Gasteiger partial charge is 0.487 e. The molecule has 1 aromatic carbocycles. The SMILES string of the molecule is CNC(=O)C1CCCCC1C(=O)N1CCc2c(Cl)ccc(OCc3ccccn3)c2[C@H]1CN1CCCC1=O. The second kappa shape index (κ2) is 11.7. The zero-order valence-electron chi connectivity index (χ0n) is 21.8. The van der Waals surface area contributed by atoms with Gasteiger partial charge < -0.3 is 19.9 Å². The summed E-state index contributed by atoms with van der Waals surface area (Å²) < 4.78 is 6.29. The van der Waals surface area contributed by atoms with Crippen LogP contribution in [0.5, 0.6) is 5.75 Å². The summed E-state index contributed by atoms with van der Waals surface area (Å²) in [6, 6.07) is 8.96. The maximum atomic E-state index is 14.2. The molecule has 9 heteroatoms. The molecule has 1 N–H and O–H groups in total. The third-order valence-corrected chi connectivity index (χ3v) is 8.54. The number of fused-ring (bicyclic) bond motifs is 1. The predicted molar refractivity (Wildman–Crippen MR) is 144 cm³/mol. The molecule has 3 heterocycles. The Kier molecular flexibility index (Phi) is 8.17. The summed E-state index contributed by atoms with van der Waals surface area (Å²) in [6.45, 7) is 1.81. The number of likely N-dealkylation sites (tertiary alicyclic amines) is 1. The lowest BCUT2D eigenvalue weighted by molar-refractivity contribution is -0.147. The topological polar surface area (TPSA) is 91.8 Å². The van der Waals surface area contributed by atoms with Gasteiger partial charge in [-0.15, -0.1) is 0 Å².